The minimum absolute atomic E-state index is 0.0538. The lowest BCUT2D eigenvalue weighted by Gasteiger charge is -2.02. The summed E-state index contributed by atoms with van der Waals surface area (Å²) in [6, 6.07) is 0. The standard InChI is InChI=1S/C7H14N2O4/c8-1-6(10)3-12-5-13-4-7(11)2-9/h1-5,8-9H2. The van der Waals surface area contributed by atoms with Gasteiger partial charge < -0.3 is 20.9 Å². The Morgan fingerprint density at radius 2 is 1.31 bits per heavy atom. The van der Waals surface area contributed by atoms with Crippen LogP contribution in [0.5, 0.6) is 0 Å². The molecule has 0 bridgehead atoms. The summed E-state index contributed by atoms with van der Waals surface area (Å²) in [6.07, 6.45) is 0. The van der Waals surface area contributed by atoms with E-state index >= 15 is 0 Å². The van der Waals surface area contributed by atoms with Gasteiger partial charge in [0.25, 0.3) is 0 Å². The molecule has 0 unspecified atom stereocenters. The summed E-state index contributed by atoms with van der Waals surface area (Å²) in [5, 5.41) is 0. The van der Waals surface area contributed by atoms with Crippen molar-refractivity contribution in [3.05, 3.63) is 0 Å². The van der Waals surface area contributed by atoms with Crippen LogP contribution in [0.15, 0.2) is 0 Å². The Morgan fingerprint density at radius 1 is 0.923 bits per heavy atom. The molecule has 6 heteroatoms. The Kier molecular flexibility index (Phi) is 7.32. The zero-order chi connectivity index (χ0) is 10.1. The average molecular weight is 190 g/mol. The molecule has 0 aromatic rings. The van der Waals surface area contributed by atoms with Crippen LogP contribution in [0.1, 0.15) is 0 Å². The van der Waals surface area contributed by atoms with E-state index in [4.69, 9.17) is 20.9 Å². The molecule has 0 rings (SSSR count). The van der Waals surface area contributed by atoms with Gasteiger partial charge in [-0.2, -0.15) is 0 Å². The van der Waals surface area contributed by atoms with Gasteiger partial charge in [0.15, 0.2) is 11.6 Å². The first-order valence-electron chi connectivity index (χ1n) is 3.79. The van der Waals surface area contributed by atoms with Gasteiger partial charge in [0.05, 0.1) is 13.1 Å². The monoisotopic (exact) mass is 190 g/mol. The predicted molar refractivity (Wildman–Crippen MR) is 44.9 cm³/mol. The fourth-order valence-electron chi connectivity index (χ4n) is 0.488. The molecule has 0 radical (unpaired) electrons. The maximum absolute atomic E-state index is 10.6. The van der Waals surface area contributed by atoms with Crippen LogP contribution in [0.2, 0.25) is 0 Å². The van der Waals surface area contributed by atoms with E-state index in [1.54, 1.807) is 0 Å². The molecule has 4 N–H and O–H groups in total. The van der Waals surface area contributed by atoms with Crippen molar-refractivity contribution in [2.75, 3.05) is 33.1 Å². The second-order valence-corrected chi connectivity index (χ2v) is 2.30. The van der Waals surface area contributed by atoms with E-state index in [1.165, 1.54) is 0 Å². The molecule has 0 atom stereocenters. The van der Waals surface area contributed by atoms with E-state index in [-0.39, 0.29) is 44.7 Å². The third-order valence-electron chi connectivity index (χ3n) is 1.15. The second-order valence-electron chi connectivity index (χ2n) is 2.30. The van der Waals surface area contributed by atoms with Crippen LogP contribution in [0.25, 0.3) is 0 Å². The second kappa shape index (κ2) is 7.81. The van der Waals surface area contributed by atoms with Gasteiger partial charge in [-0.25, -0.2) is 0 Å². The van der Waals surface area contributed by atoms with Crippen LogP contribution in [0.3, 0.4) is 0 Å². The van der Waals surface area contributed by atoms with Crippen molar-refractivity contribution < 1.29 is 19.1 Å². The zero-order valence-electron chi connectivity index (χ0n) is 7.32. The van der Waals surface area contributed by atoms with Crippen LogP contribution >= 0.6 is 0 Å². The SMILES string of the molecule is NCC(=O)COCOCC(=O)CN. The molecule has 0 spiro atoms. The summed E-state index contributed by atoms with van der Waals surface area (Å²) >= 11 is 0. The lowest BCUT2D eigenvalue weighted by Crippen LogP contribution is -2.22. The highest BCUT2D eigenvalue weighted by atomic mass is 16.7. The highest BCUT2D eigenvalue weighted by molar-refractivity contribution is 5.81. The van der Waals surface area contributed by atoms with Gasteiger partial charge in [0.1, 0.15) is 20.0 Å². The molecule has 0 amide bonds. The predicted octanol–water partition coefficient (Wildman–Crippen LogP) is -1.97. The molecule has 0 aromatic heterocycles. The van der Waals surface area contributed by atoms with Crippen molar-refractivity contribution in [2.24, 2.45) is 11.5 Å². The molecule has 0 aliphatic heterocycles. The van der Waals surface area contributed by atoms with Crippen LogP contribution in [0.4, 0.5) is 0 Å². The van der Waals surface area contributed by atoms with Crippen molar-refractivity contribution in [3.8, 4) is 0 Å². The molecule has 0 fully saturated rings. The molecule has 0 saturated carbocycles. The molecule has 0 aliphatic carbocycles. The van der Waals surface area contributed by atoms with Gasteiger partial charge in [-0.05, 0) is 0 Å². The third-order valence-corrected chi connectivity index (χ3v) is 1.15. The zero-order valence-corrected chi connectivity index (χ0v) is 7.32. The van der Waals surface area contributed by atoms with Crippen LogP contribution in [0, 0.1) is 0 Å². The summed E-state index contributed by atoms with van der Waals surface area (Å²) < 4.78 is 9.47. The molecular weight excluding hydrogens is 176 g/mol. The number of rotatable bonds is 8. The van der Waals surface area contributed by atoms with E-state index in [0.29, 0.717) is 0 Å². The van der Waals surface area contributed by atoms with Gasteiger partial charge in [-0.3, -0.25) is 9.59 Å². The first-order chi connectivity index (χ1) is 6.20. The third kappa shape index (κ3) is 7.54. The van der Waals surface area contributed by atoms with E-state index < -0.39 is 0 Å². The number of nitrogens with two attached hydrogens (primary N) is 2. The van der Waals surface area contributed by atoms with Crippen LogP contribution in [-0.2, 0) is 19.1 Å². The maximum atomic E-state index is 10.6. The van der Waals surface area contributed by atoms with E-state index in [2.05, 4.69) is 0 Å². The Hall–Kier alpha value is -0.820. The first-order valence-corrected chi connectivity index (χ1v) is 3.79. The van der Waals surface area contributed by atoms with Crippen molar-refractivity contribution in [1.29, 1.82) is 0 Å². The number of carbonyl (C=O) groups excluding carboxylic acids is 2. The summed E-state index contributed by atoms with van der Waals surface area (Å²) in [5.41, 5.74) is 10.0. The van der Waals surface area contributed by atoms with Crippen molar-refractivity contribution in [1.82, 2.24) is 0 Å². The lowest BCUT2D eigenvalue weighted by atomic mass is 10.4. The molecule has 0 heterocycles. The first kappa shape index (κ1) is 12.2. The summed E-state index contributed by atoms with van der Waals surface area (Å²) in [4.78, 5) is 21.1. The molecular formula is C7H14N2O4. The van der Waals surface area contributed by atoms with Gasteiger partial charge in [-0.1, -0.05) is 0 Å². The number of hydrogen-bond acceptors (Lipinski definition) is 6. The van der Waals surface area contributed by atoms with Crippen molar-refractivity contribution >= 4 is 11.6 Å². The average Bonchev–Trinajstić information content (AvgIpc) is 2.16. The number of Topliss-reactive ketones (excluding diaryl/α,β-unsaturated/α-hetero) is 2. The lowest BCUT2D eigenvalue weighted by molar-refractivity contribution is -0.134. The highest BCUT2D eigenvalue weighted by Gasteiger charge is 2.00. The van der Waals surface area contributed by atoms with E-state index in [1.807, 2.05) is 0 Å². The molecule has 13 heavy (non-hydrogen) atoms. The quantitative estimate of drug-likeness (QED) is 0.340. The minimum atomic E-state index is -0.214. The number of ketones is 2. The Labute approximate surface area is 76.2 Å². The molecule has 6 nitrogen and oxygen atoms in total. The van der Waals surface area contributed by atoms with Gasteiger partial charge >= 0.3 is 0 Å². The molecule has 0 aliphatic rings. The maximum Gasteiger partial charge on any atom is 0.172 e. The topological polar surface area (TPSA) is 105 Å². The van der Waals surface area contributed by atoms with Crippen molar-refractivity contribution in [2.45, 2.75) is 0 Å². The van der Waals surface area contributed by atoms with Crippen molar-refractivity contribution in [3.63, 3.8) is 0 Å². The van der Waals surface area contributed by atoms with E-state index in [0.717, 1.165) is 0 Å². The van der Waals surface area contributed by atoms with Gasteiger partial charge in [0, 0.05) is 0 Å². The number of hydrogen-bond donors (Lipinski definition) is 2. The fourth-order valence-corrected chi connectivity index (χ4v) is 0.488. The highest BCUT2D eigenvalue weighted by Crippen LogP contribution is 1.80. The summed E-state index contributed by atoms with van der Waals surface area (Å²) in [6.45, 7) is -0.387. The molecule has 0 aromatic carbocycles. The number of carbonyl (C=O) groups is 2. The number of ether oxygens (including phenoxy) is 2. The Bertz CT molecular complexity index is 154. The molecule has 0 saturated heterocycles. The fraction of sp³-hybridized carbons (Fsp3) is 0.714. The van der Waals surface area contributed by atoms with Crippen LogP contribution < -0.4 is 11.5 Å². The minimum Gasteiger partial charge on any atom is -0.348 e. The largest absolute Gasteiger partial charge is 0.348 e. The normalized spacial score (nSPS) is 10.0. The Morgan fingerprint density at radius 3 is 1.62 bits per heavy atom. The van der Waals surface area contributed by atoms with E-state index in [9.17, 15) is 9.59 Å². The Balaban J connectivity index is 3.17. The smallest absolute Gasteiger partial charge is 0.172 e. The summed E-state index contributed by atoms with van der Waals surface area (Å²) in [5.74, 6) is -0.428. The summed E-state index contributed by atoms with van der Waals surface area (Å²) in [7, 11) is 0. The van der Waals surface area contributed by atoms with Gasteiger partial charge in [0.2, 0.25) is 0 Å². The van der Waals surface area contributed by atoms with Crippen LogP contribution in [-0.4, -0.2) is 44.7 Å². The van der Waals surface area contributed by atoms with Gasteiger partial charge in [-0.15, -0.1) is 0 Å². The molecule has 76 valence electrons.